The van der Waals surface area contributed by atoms with E-state index in [2.05, 4.69) is 26.2 Å². The number of benzene rings is 2. The van der Waals surface area contributed by atoms with Crippen molar-refractivity contribution < 1.29 is 9.59 Å². The fraction of sp³-hybridized carbons (Fsp3) is 0.250. The van der Waals surface area contributed by atoms with Crippen LogP contribution in [0, 0.1) is 0 Å². The molecule has 29 heavy (non-hydrogen) atoms. The first-order valence-electron chi connectivity index (χ1n) is 9.32. The van der Waals surface area contributed by atoms with Crippen LogP contribution >= 0.6 is 11.6 Å². The van der Waals surface area contributed by atoms with Gasteiger partial charge in [-0.1, -0.05) is 23.7 Å². The fourth-order valence-corrected chi connectivity index (χ4v) is 3.03. The third-order valence-electron chi connectivity index (χ3n) is 4.53. The van der Waals surface area contributed by atoms with Crippen molar-refractivity contribution in [3.8, 4) is 11.4 Å². The van der Waals surface area contributed by atoms with E-state index in [0.29, 0.717) is 28.1 Å². The van der Waals surface area contributed by atoms with Gasteiger partial charge in [0.1, 0.15) is 0 Å². The number of rotatable bonds is 7. The molecule has 1 fully saturated rings. The predicted molar refractivity (Wildman–Crippen MR) is 109 cm³/mol. The molecular formula is C20H19ClN6O2. The number of nitrogens with zero attached hydrogens (tertiary/aromatic N) is 4. The number of tetrazole rings is 1. The summed E-state index contributed by atoms with van der Waals surface area (Å²) in [6, 6.07) is 14.3. The summed E-state index contributed by atoms with van der Waals surface area (Å²) >= 11 is 5.81. The molecular weight excluding hydrogens is 392 g/mol. The van der Waals surface area contributed by atoms with Crippen LogP contribution in [0.5, 0.6) is 0 Å². The van der Waals surface area contributed by atoms with Gasteiger partial charge in [-0.25, -0.2) is 4.68 Å². The van der Waals surface area contributed by atoms with Crippen molar-refractivity contribution in [2.45, 2.75) is 25.3 Å². The van der Waals surface area contributed by atoms with Gasteiger partial charge in [0.25, 0.3) is 5.91 Å². The van der Waals surface area contributed by atoms with Gasteiger partial charge in [-0.3, -0.25) is 9.59 Å². The molecule has 148 valence electrons. The second kappa shape index (κ2) is 8.40. The Hall–Kier alpha value is -3.26. The summed E-state index contributed by atoms with van der Waals surface area (Å²) in [7, 11) is 0. The topological polar surface area (TPSA) is 102 Å². The Morgan fingerprint density at radius 3 is 2.69 bits per heavy atom. The molecule has 0 saturated heterocycles. The summed E-state index contributed by atoms with van der Waals surface area (Å²) in [6.45, 7) is 0.229. The molecule has 0 bridgehead atoms. The van der Waals surface area contributed by atoms with Gasteiger partial charge in [-0.15, -0.1) is 5.10 Å². The second-order valence-electron chi connectivity index (χ2n) is 6.82. The quantitative estimate of drug-likeness (QED) is 0.623. The molecule has 2 amide bonds. The SMILES string of the molecule is O=C(CCNC(=O)c1ccc(Cl)cc1)Nc1cccc(-c2nnnn2C2CC2)c1. The first kappa shape index (κ1) is 19.1. The van der Waals surface area contributed by atoms with E-state index >= 15 is 0 Å². The molecule has 2 aromatic carbocycles. The van der Waals surface area contributed by atoms with Crippen LogP contribution in [-0.2, 0) is 4.79 Å². The smallest absolute Gasteiger partial charge is 0.251 e. The summed E-state index contributed by atoms with van der Waals surface area (Å²) < 4.78 is 1.83. The molecule has 9 heteroatoms. The van der Waals surface area contributed by atoms with Crippen molar-refractivity contribution in [2.24, 2.45) is 0 Å². The lowest BCUT2D eigenvalue weighted by atomic mass is 10.2. The summed E-state index contributed by atoms with van der Waals surface area (Å²) in [4.78, 5) is 24.3. The highest BCUT2D eigenvalue weighted by molar-refractivity contribution is 6.30. The number of aromatic nitrogens is 4. The van der Waals surface area contributed by atoms with Crippen LogP contribution in [0.2, 0.25) is 5.02 Å². The first-order chi connectivity index (χ1) is 14.1. The molecule has 0 spiro atoms. The van der Waals surface area contributed by atoms with Crippen molar-refractivity contribution in [1.29, 1.82) is 0 Å². The third kappa shape index (κ3) is 4.78. The van der Waals surface area contributed by atoms with Crippen molar-refractivity contribution in [3.05, 3.63) is 59.1 Å². The molecule has 1 aliphatic rings. The van der Waals surface area contributed by atoms with E-state index in [-0.39, 0.29) is 24.8 Å². The first-order valence-corrected chi connectivity index (χ1v) is 9.70. The van der Waals surface area contributed by atoms with Crippen LogP contribution in [0.25, 0.3) is 11.4 Å². The van der Waals surface area contributed by atoms with E-state index in [1.165, 1.54) is 0 Å². The Morgan fingerprint density at radius 2 is 1.93 bits per heavy atom. The number of carbonyl (C=O) groups is 2. The monoisotopic (exact) mass is 410 g/mol. The molecule has 1 aliphatic carbocycles. The standard InChI is InChI=1S/C20H19ClN6O2/c21-15-6-4-13(5-7-15)20(29)22-11-10-18(28)23-16-3-1-2-14(12-16)19-24-25-26-27(19)17-8-9-17/h1-7,12,17H,8-11H2,(H,22,29)(H,23,28). The lowest BCUT2D eigenvalue weighted by Gasteiger charge is -2.09. The Kier molecular flexibility index (Phi) is 5.53. The van der Waals surface area contributed by atoms with E-state index in [1.807, 2.05) is 22.9 Å². The van der Waals surface area contributed by atoms with E-state index in [9.17, 15) is 9.59 Å². The molecule has 8 nitrogen and oxygen atoms in total. The zero-order chi connectivity index (χ0) is 20.2. The molecule has 4 rings (SSSR count). The highest BCUT2D eigenvalue weighted by Crippen LogP contribution is 2.36. The summed E-state index contributed by atoms with van der Waals surface area (Å²) in [5.74, 6) is 0.252. The summed E-state index contributed by atoms with van der Waals surface area (Å²) in [5.41, 5.74) is 1.99. The zero-order valence-electron chi connectivity index (χ0n) is 15.5. The van der Waals surface area contributed by atoms with Crippen molar-refractivity contribution in [2.75, 3.05) is 11.9 Å². The van der Waals surface area contributed by atoms with Crippen LogP contribution in [0.1, 0.15) is 35.7 Å². The van der Waals surface area contributed by atoms with Gasteiger partial charge in [0, 0.05) is 34.8 Å². The highest BCUT2D eigenvalue weighted by atomic mass is 35.5. The maximum atomic E-state index is 12.2. The number of halogens is 1. The number of hydrogen-bond acceptors (Lipinski definition) is 5. The molecule has 2 N–H and O–H groups in total. The van der Waals surface area contributed by atoms with Crippen LogP contribution in [0.4, 0.5) is 5.69 Å². The molecule has 0 aliphatic heterocycles. The summed E-state index contributed by atoms with van der Waals surface area (Å²) in [5, 5.41) is 18.1. The minimum Gasteiger partial charge on any atom is -0.352 e. The normalized spacial score (nSPS) is 13.1. The van der Waals surface area contributed by atoms with E-state index in [0.717, 1.165) is 18.4 Å². The van der Waals surface area contributed by atoms with Gasteiger partial charge in [-0.05, 0) is 59.7 Å². The van der Waals surface area contributed by atoms with Gasteiger partial charge < -0.3 is 10.6 Å². The fourth-order valence-electron chi connectivity index (χ4n) is 2.90. The van der Waals surface area contributed by atoms with Crippen molar-refractivity contribution in [3.63, 3.8) is 0 Å². The van der Waals surface area contributed by atoms with Crippen molar-refractivity contribution >= 4 is 29.1 Å². The number of anilines is 1. The van der Waals surface area contributed by atoms with Gasteiger partial charge in [-0.2, -0.15) is 0 Å². The molecule has 1 heterocycles. The number of amides is 2. The maximum Gasteiger partial charge on any atom is 0.251 e. The third-order valence-corrected chi connectivity index (χ3v) is 4.79. The number of carbonyl (C=O) groups excluding carboxylic acids is 2. The van der Waals surface area contributed by atoms with Gasteiger partial charge >= 0.3 is 0 Å². The van der Waals surface area contributed by atoms with E-state index in [4.69, 9.17) is 11.6 Å². The number of nitrogens with one attached hydrogen (secondary N) is 2. The maximum absolute atomic E-state index is 12.2. The molecule has 1 aromatic heterocycles. The van der Waals surface area contributed by atoms with Gasteiger partial charge in [0.2, 0.25) is 5.91 Å². The Labute approximate surface area is 172 Å². The van der Waals surface area contributed by atoms with Gasteiger partial charge in [0.15, 0.2) is 5.82 Å². The molecule has 0 unspecified atom stereocenters. The lowest BCUT2D eigenvalue weighted by molar-refractivity contribution is -0.116. The van der Waals surface area contributed by atoms with Gasteiger partial charge in [0.05, 0.1) is 6.04 Å². The number of hydrogen-bond donors (Lipinski definition) is 2. The van der Waals surface area contributed by atoms with Crippen LogP contribution in [0.15, 0.2) is 48.5 Å². The minimum atomic E-state index is -0.247. The average molecular weight is 411 g/mol. The average Bonchev–Trinajstić information content (AvgIpc) is 3.45. The van der Waals surface area contributed by atoms with Crippen LogP contribution in [0.3, 0.4) is 0 Å². The largest absolute Gasteiger partial charge is 0.352 e. The predicted octanol–water partition coefficient (Wildman–Crippen LogP) is 3.09. The van der Waals surface area contributed by atoms with Crippen LogP contribution in [-0.4, -0.2) is 38.6 Å². The zero-order valence-corrected chi connectivity index (χ0v) is 16.3. The minimum absolute atomic E-state index is 0.156. The van der Waals surface area contributed by atoms with Crippen LogP contribution < -0.4 is 10.6 Å². The van der Waals surface area contributed by atoms with Crippen molar-refractivity contribution in [1.82, 2.24) is 25.5 Å². The molecule has 0 atom stereocenters. The Bertz CT molecular complexity index is 1030. The molecule has 3 aromatic rings. The second-order valence-corrected chi connectivity index (χ2v) is 7.26. The Balaban J connectivity index is 1.31. The Morgan fingerprint density at radius 1 is 1.14 bits per heavy atom. The summed E-state index contributed by atoms with van der Waals surface area (Å²) in [6.07, 6.45) is 2.32. The van der Waals surface area contributed by atoms with E-state index < -0.39 is 0 Å². The molecule has 1 saturated carbocycles. The lowest BCUT2D eigenvalue weighted by Crippen LogP contribution is -2.27. The van der Waals surface area contributed by atoms with E-state index in [1.54, 1.807) is 30.3 Å². The highest BCUT2D eigenvalue weighted by Gasteiger charge is 2.28. The molecule has 0 radical (unpaired) electrons.